The molecule has 0 bridgehead atoms. The summed E-state index contributed by atoms with van der Waals surface area (Å²) in [6.45, 7) is 0.167. The SMILES string of the molecule is COCn1nc(-c2ccc(OC)c(OC)c2)c(C=O)c1N. The lowest BCUT2D eigenvalue weighted by Gasteiger charge is -2.08. The van der Waals surface area contributed by atoms with Crippen LogP contribution in [-0.4, -0.2) is 37.4 Å². The maximum absolute atomic E-state index is 11.3. The number of carbonyl (C=O) groups excluding carboxylic acids is 1. The molecular formula is C14H17N3O4. The predicted molar refractivity (Wildman–Crippen MR) is 77.6 cm³/mol. The minimum atomic E-state index is 0.167. The number of nitrogens with zero attached hydrogens (tertiary/aromatic N) is 2. The van der Waals surface area contributed by atoms with E-state index in [-0.39, 0.29) is 12.5 Å². The van der Waals surface area contributed by atoms with Crippen LogP contribution in [0.3, 0.4) is 0 Å². The van der Waals surface area contributed by atoms with Crippen molar-refractivity contribution in [3.63, 3.8) is 0 Å². The largest absolute Gasteiger partial charge is 0.493 e. The van der Waals surface area contributed by atoms with Gasteiger partial charge < -0.3 is 19.9 Å². The molecule has 1 aromatic heterocycles. The van der Waals surface area contributed by atoms with Gasteiger partial charge in [0.2, 0.25) is 0 Å². The van der Waals surface area contributed by atoms with Crippen molar-refractivity contribution in [1.29, 1.82) is 0 Å². The number of carbonyl (C=O) groups is 1. The highest BCUT2D eigenvalue weighted by Crippen LogP contribution is 2.34. The summed E-state index contributed by atoms with van der Waals surface area (Å²) in [5.74, 6) is 1.40. The Morgan fingerprint density at radius 1 is 1.24 bits per heavy atom. The van der Waals surface area contributed by atoms with Crippen molar-refractivity contribution in [2.24, 2.45) is 0 Å². The molecule has 0 spiro atoms. The van der Waals surface area contributed by atoms with E-state index in [0.29, 0.717) is 34.6 Å². The molecule has 1 heterocycles. The summed E-state index contributed by atoms with van der Waals surface area (Å²) in [6, 6.07) is 5.27. The maximum Gasteiger partial charge on any atom is 0.161 e. The molecule has 112 valence electrons. The van der Waals surface area contributed by atoms with Gasteiger partial charge in [0.25, 0.3) is 0 Å². The molecule has 0 radical (unpaired) electrons. The fraction of sp³-hybridized carbons (Fsp3) is 0.286. The van der Waals surface area contributed by atoms with Crippen LogP contribution in [0.25, 0.3) is 11.3 Å². The summed E-state index contributed by atoms with van der Waals surface area (Å²) < 4.78 is 16.9. The fourth-order valence-corrected chi connectivity index (χ4v) is 2.02. The zero-order valence-electron chi connectivity index (χ0n) is 12.1. The Hall–Kier alpha value is -2.54. The summed E-state index contributed by atoms with van der Waals surface area (Å²) >= 11 is 0. The number of nitrogens with two attached hydrogens (primary N) is 1. The third-order valence-corrected chi connectivity index (χ3v) is 3.06. The Kier molecular flexibility index (Phi) is 4.44. The van der Waals surface area contributed by atoms with E-state index < -0.39 is 0 Å². The average molecular weight is 291 g/mol. The Balaban J connectivity index is 2.55. The molecular weight excluding hydrogens is 274 g/mol. The van der Waals surface area contributed by atoms with Crippen molar-refractivity contribution < 1.29 is 19.0 Å². The fourth-order valence-electron chi connectivity index (χ4n) is 2.02. The van der Waals surface area contributed by atoms with Gasteiger partial charge in [-0.2, -0.15) is 5.10 Å². The topological polar surface area (TPSA) is 88.6 Å². The van der Waals surface area contributed by atoms with E-state index in [1.165, 1.54) is 11.8 Å². The predicted octanol–water partition coefficient (Wildman–Crippen LogP) is 1.57. The van der Waals surface area contributed by atoms with Gasteiger partial charge in [0.05, 0.1) is 19.8 Å². The van der Waals surface area contributed by atoms with Gasteiger partial charge >= 0.3 is 0 Å². The van der Waals surface area contributed by atoms with Gasteiger partial charge in [-0.15, -0.1) is 0 Å². The normalized spacial score (nSPS) is 10.4. The number of hydrogen-bond acceptors (Lipinski definition) is 6. The number of benzene rings is 1. The first kappa shape index (κ1) is 14.9. The number of ether oxygens (including phenoxy) is 3. The smallest absolute Gasteiger partial charge is 0.161 e. The van der Waals surface area contributed by atoms with Crippen molar-refractivity contribution in [3.8, 4) is 22.8 Å². The zero-order chi connectivity index (χ0) is 15.4. The van der Waals surface area contributed by atoms with Gasteiger partial charge in [0.1, 0.15) is 18.2 Å². The third kappa shape index (κ3) is 2.68. The number of nitrogen functional groups attached to an aromatic ring is 1. The van der Waals surface area contributed by atoms with E-state index in [0.717, 1.165) is 0 Å². The first-order valence-electron chi connectivity index (χ1n) is 6.19. The molecule has 2 rings (SSSR count). The summed E-state index contributed by atoms with van der Waals surface area (Å²) in [7, 11) is 4.62. The van der Waals surface area contributed by atoms with Crippen molar-refractivity contribution >= 4 is 12.1 Å². The summed E-state index contributed by atoms with van der Waals surface area (Å²) in [5, 5.41) is 4.31. The first-order valence-corrected chi connectivity index (χ1v) is 6.19. The van der Waals surface area contributed by atoms with Crippen molar-refractivity contribution in [2.75, 3.05) is 27.1 Å². The van der Waals surface area contributed by atoms with Gasteiger partial charge in [-0.3, -0.25) is 4.79 Å². The molecule has 0 aliphatic carbocycles. The molecule has 2 N–H and O–H groups in total. The van der Waals surface area contributed by atoms with Gasteiger partial charge in [-0.1, -0.05) is 0 Å². The van der Waals surface area contributed by atoms with Crippen LogP contribution in [0, 0.1) is 0 Å². The molecule has 21 heavy (non-hydrogen) atoms. The first-order chi connectivity index (χ1) is 10.2. The minimum absolute atomic E-state index is 0.167. The van der Waals surface area contributed by atoms with Gasteiger partial charge in [-0.05, 0) is 18.2 Å². The Morgan fingerprint density at radius 3 is 2.52 bits per heavy atom. The molecule has 2 aromatic rings. The molecule has 7 heteroatoms. The summed E-state index contributed by atoms with van der Waals surface area (Å²) in [5.41, 5.74) is 7.39. The second-order valence-corrected chi connectivity index (χ2v) is 4.25. The number of rotatable bonds is 6. The highest BCUT2D eigenvalue weighted by atomic mass is 16.5. The van der Waals surface area contributed by atoms with Gasteiger partial charge in [0.15, 0.2) is 17.8 Å². The van der Waals surface area contributed by atoms with Crippen LogP contribution < -0.4 is 15.2 Å². The lowest BCUT2D eigenvalue weighted by atomic mass is 10.1. The molecule has 0 saturated carbocycles. The molecule has 0 saturated heterocycles. The number of hydrogen-bond donors (Lipinski definition) is 1. The number of aldehydes is 1. The molecule has 0 fully saturated rings. The number of aromatic nitrogens is 2. The van der Waals surface area contributed by atoms with E-state index in [9.17, 15) is 4.79 Å². The van der Waals surface area contributed by atoms with E-state index in [4.69, 9.17) is 19.9 Å². The number of methoxy groups -OCH3 is 3. The van der Waals surface area contributed by atoms with E-state index >= 15 is 0 Å². The monoisotopic (exact) mass is 291 g/mol. The lowest BCUT2D eigenvalue weighted by molar-refractivity contribution is 0.112. The quantitative estimate of drug-likeness (QED) is 0.813. The number of anilines is 1. The van der Waals surface area contributed by atoms with E-state index in [1.54, 1.807) is 32.4 Å². The highest BCUT2D eigenvalue weighted by Gasteiger charge is 2.18. The van der Waals surface area contributed by atoms with Gasteiger partial charge in [0, 0.05) is 12.7 Å². The van der Waals surface area contributed by atoms with Crippen LogP contribution in [0.5, 0.6) is 11.5 Å². The van der Waals surface area contributed by atoms with Crippen LogP contribution in [0.15, 0.2) is 18.2 Å². The standard InChI is InChI=1S/C14H17N3O4/c1-19-8-17-14(15)10(7-18)13(16-17)9-4-5-11(20-2)12(6-9)21-3/h4-7H,8,15H2,1-3H3. The molecule has 0 aliphatic heterocycles. The zero-order valence-corrected chi connectivity index (χ0v) is 12.1. The summed E-state index contributed by atoms with van der Waals surface area (Å²) in [6.07, 6.45) is 0.681. The summed E-state index contributed by atoms with van der Waals surface area (Å²) in [4.78, 5) is 11.3. The van der Waals surface area contributed by atoms with E-state index in [2.05, 4.69) is 5.10 Å². The van der Waals surface area contributed by atoms with Crippen molar-refractivity contribution in [3.05, 3.63) is 23.8 Å². The Morgan fingerprint density at radius 2 is 1.95 bits per heavy atom. The molecule has 0 atom stereocenters. The Bertz CT molecular complexity index is 652. The van der Waals surface area contributed by atoms with Crippen LogP contribution in [0.1, 0.15) is 10.4 Å². The van der Waals surface area contributed by atoms with Crippen LogP contribution in [0.4, 0.5) is 5.82 Å². The third-order valence-electron chi connectivity index (χ3n) is 3.06. The van der Waals surface area contributed by atoms with Crippen molar-refractivity contribution in [1.82, 2.24) is 9.78 Å². The minimum Gasteiger partial charge on any atom is -0.493 e. The van der Waals surface area contributed by atoms with Crippen molar-refractivity contribution in [2.45, 2.75) is 6.73 Å². The second-order valence-electron chi connectivity index (χ2n) is 4.25. The average Bonchev–Trinajstić information content (AvgIpc) is 2.83. The Labute approximate surface area is 122 Å². The molecule has 0 amide bonds. The molecule has 7 nitrogen and oxygen atoms in total. The maximum atomic E-state index is 11.3. The van der Waals surface area contributed by atoms with E-state index in [1.807, 2.05) is 0 Å². The van der Waals surface area contributed by atoms with Gasteiger partial charge in [-0.25, -0.2) is 4.68 Å². The second kappa shape index (κ2) is 6.27. The molecule has 0 aliphatic rings. The lowest BCUT2D eigenvalue weighted by Crippen LogP contribution is -2.06. The van der Waals surface area contributed by atoms with Crippen LogP contribution in [0.2, 0.25) is 0 Å². The molecule has 0 unspecified atom stereocenters. The molecule has 1 aromatic carbocycles. The van der Waals surface area contributed by atoms with Crippen LogP contribution in [-0.2, 0) is 11.5 Å². The highest BCUT2D eigenvalue weighted by molar-refractivity contribution is 5.91. The van der Waals surface area contributed by atoms with Crippen LogP contribution >= 0.6 is 0 Å².